The molecule has 80 valence electrons. The Labute approximate surface area is 75.7 Å². The first-order valence-electron chi connectivity index (χ1n) is 4.11. The normalized spacial score (nSPS) is 17.1. The van der Waals surface area contributed by atoms with Gasteiger partial charge in [-0.25, -0.2) is 0 Å². The van der Waals surface area contributed by atoms with Crippen molar-refractivity contribution in [1.82, 2.24) is 0 Å². The van der Waals surface area contributed by atoms with E-state index < -0.39 is 18.2 Å². The summed E-state index contributed by atoms with van der Waals surface area (Å²) in [6.07, 6.45) is -5.23. The highest BCUT2D eigenvalue weighted by Gasteiger charge is 2.33. The number of ether oxygens (including phenoxy) is 1. The summed E-state index contributed by atoms with van der Waals surface area (Å²) in [5.74, 6) is 0. The fraction of sp³-hybridized carbons (Fsp3) is 1.00. The van der Waals surface area contributed by atoms with Crippen LogP contribution in [0.15, 0.2) is 0 Å². The maximum atomic E-state index is 11.8. The predicted octanol–water partition coefficient (Wildman–Crippen LogP) is 2.12. The molecule has 0 spiro atoms. The Balaban J connectivity index is 3.97. The highest BCUT2D eigenvalue weighted by Crippen LogP contribution is 2.27. The van der Waals surface area contributed by atoms with Crippen molar-refractivity contribution in [1.29, 1.82) is 0 Å². The summed E-state index contributed by atoms with van der Waals surface area (Å²) in [5, 5.41) is 9.56. The fourth-order valence-electron chi connectivity index (χ4n) is 0.994. The fourth-order valence-corrected chi connectivity index (χ4v) is 0.994. The van der Waals surface area contributed by atoms with Crippen molar-refractivity contribution in [3.05, 3.63) is 0 Å². The van der Waals surface area contributed by atoms with Gasteiger partial charge in [-0.2, -0.15) is 13.2 Å². The number of hydrogen-bond acceptors (Lipinski definition) is 2. The molecular weight excluding hydrogens is 185 g/mol. The Morgan fingerprint density at radius 2 is 1.77 bits per heavy atom. The van der Waals surface area contributed by atoms with Crippen molar-refractivity contribution in [2.24, 2.45) is 0 Å². The highest BCUT2D eigenvalue weighted by molar-refractivity contribution is 4.77. The van der Waals surface area contributed by atoms with Crippen molar-refractivity contribution >= 4 is 0 Å². The van der Waals surface area contributed by atoms with Crippen LogP contribution in [0, 0.1) is 0 Å². The minimum atomic E-state index is -4.21. The van der Waals surface area contributed by atoms with Crippen LogP contribution in [0.5, 0.6) is 0 Å². The zero-order valence-corrected chi connectivity index (χ0v) is 7.82. The van der Waals surface area contributed by atoms with Crippen molar-refractivity contribution in [2.45, 2.75) is 38.0 Å². The van der Waals surface area contributed by atoms with Crippen LogP contribution in [0.2, 0.25) is 0 Å². The van der Waals surface area contributed by atoms with Crippen LogP contribution in [-0.2, 0) is 4.74 Å². The van der Waals surface area contributed by atoms with E-state index in [1.54, 1.807) is 6.92 Å². The Morgan fingerprint density at radius 1 is 1.23 bits per heavy atom. The van der Waals surface area contributed by atoms with E-state index in [0.29, 0.717) is 0 Å². The van der Waals surface area contributed by atoms with Gasteiger partial charge in [0.05, 0.1) is 12.2 Å². The molecule has 0 aliphatic carbocycles. The molecule has 5 heteroatoms. The molecule has 0 aromatic heterocycles. The molecule has 0 aliphatic heterocycles. The van der Waals surface area contributed by atoms with Gasteiger partial charge in [-0.3, -0.25) is 0 Å². The third-order valence-corrected chi connectivity index (χ3v) is 1.94. The number of rotatable bonds is 5. The van der Waals surface area contributed by atoms with E-state index in [1.165, 1.54) is 7.11 Å². The van der Waals surface area contributed by atoms with Crippen molar-refractivity contribution in [3.63, 3.8) is 0 Å². The summed E-state index contributed by atoms with van der Waals surface area (Å²) < 4.78 is 40.1. The summed E-state index contributed by atoms with van der Waals surface area (Å²) in [6, 6.07) is 0. The first-order valence-corrected chi connectivity index (χ1v) is 4.11. The quantitative estimate of drug-likeness (QED) is 0.736. The van der Waals surface area contributed by atoms with E-state index in [9.17, 15) is 18.3 Å². The summed E-state index contributed by atoms with van der Waals surface area (Å²) in [6.45, 7) is 1.58. The number of alkyl halides is 3. The monoisotopic (exact) mass is 200 g/mol. The van der Waals surface area contributed by atoms with Crippen molar-refractivity contribution in [2.75, 3.05) is 13.7 Å². The van der Waals surface area contributed by atoms with Gasteiger partial charge in [0.25, 0.3) is 0 Å². The largest absolute Gasteiger partial charge is 0.389 e. The second-order valence-electron chi connectivity index (χ2n) is 3.13. The number of hydrogen-bond donors (Lipinski definition) is 1. The lowest BCUT2D eigenvalue weighted by Gasteiger charge is -2.26. The molecule has 0 heterocycles. The maximum Gasteiger partial charge on any atom is 0.389 e. The Kier molecular flexibility index (Phi) is 4.70. The van der Waals surface area contributed by atoms with Gasteiger partial charge in [-0.15, -0.1) is 0 Å². The SMILES string of the molecule is CCC(O)(CCC(F)(F)F)COC. The summed E-state index contributed by atoms with van der Waals surface area (Å²) in [5.41, 5.74) is -1.34. The van der Waals surface area contributed by atoms with Gasteiger partial charge in [0, 0.05) is 13.5 Å². The van der Waals surface area contributed by atoms with E-state index in [2.05, 4.69) is 4.74 Å². The second-order valence-corrected chi connectivity index (χ2v) is 3.13. The zero-order chi connectivity index (χ0) is 10.5. The topological polar surface area (TPSA) is 29.5 Å². The molecule has 2 nitrogen and oxygen atoms in total. The smallest absolute Gasteiger partial charge is 0.387 e. The number of aliphatic hydroxyl groups is 1. The van der Waals surface area contributed by atoms with Crippen molar-refractivity contribution in [3.8, 4) is 0 Å². The molecule has 1 unspecified atom stereocenters. The molecule has 0 aliphatic rings. The molecule has 0 fully saturated rings. The standard InChI is InChI=1S/C8H15F3O2/c1-3-7(12,6-13-2)4-5-8(9,10)11/h12H,3-6H2,1-2H3. The second kappa shape index (κ2) is 4.81. The molecule has 13 heavy (non-hydrogen) atoms. The molecule has 1 atom stereocenters. The molecule has 0 aromatic carbocycles. The minimum Gasteiger partial charge on any atom is -0.387 e. The summed E-state index contributed by atoms with van der Waals surface area (Å²) >= 11 is 0. The first-order chi connectivity index (χ1) is 5.83. The Morgan fingerprint density at radius 3 is 2.08 bits per heavy atom. The highest BCUT2D eigenvalue weighted by atomic mass is 19.4. The van der Waals surface area contributed by atoms with Crippen LogP contribution < -0.4 is 0 Å². The minimum absolute atomic E-state index is 0.0560. The van der Waals surface area contributed by atoms with Crippen LogP contribution in [0.1, 0.15) is 26.2 Å². The Bertz CT molecular complexity index is 147. The van der Waals surface area contributed by atoms with E-state index in [0.717, 1.165) is 0 Å². The molecule has 0 rings (SSSR count). The van der Waals surface area contributed by atoms with Gasteiger partial charge in [0.2, 0.25) is 0 Å². The van der Waals surface area contributed by atoms with Gasteiger partial charge in [-0.1, -0.05) is 6.92 Å². The van der Waals surface area contributed by atoms with Gasteiger partial charge in [-0.05, 0) is 12.8 Å². The van der Waals surface area contributed by atoms with Crippen LogP contribution in [-0.4, -0.2) is 30.6 Å². The van der Waals surface area contributed by atoms with Gasteiger partial charge >= 0.3 is 6.18 Å². The lowest BCUT2D eigenvalue weighted by Crippen LogP contribution is -2.34. The lowest BCUT2D eigenvalue weighted by atomic mass is 9.95. The molecule has 0 saturated heterocycles. The molecular formula is C8H15F3O2. The van der Waals surface area contributed by atoms with Gasteiger partial charge < -0.3 is 9.84 Å². The molecule has 0 bridgehead atoms. The average molecular weight is 200 g/mol. The predicted molar refractivity (Wildman–Crippen MR) is 42.4 cm³/mol. The number of methoxy groups -OCH3 is 1. The molecule has 0 saturated carbocycles. The summed E-state index contributed by atoms with van der Waals surface area (Å²) in [4.78, 5) is 0. The molecule has 0 aromatic rings. The van der Waals surface area contributed by atoms with Gasteiger partial charge in [0.1, 0.15) is 0 Å². The third-order valence-electron chi connectivity index (χ3n) is 1.94. The number of halogens is 3. The first kappa shape index (κ1) is 12.7. The van der Waals surface area contributed by atoms with Gasteiger partial charge in [0.15, 0.2) is 0 Å². The van der Waals surface area contributed by atoms with Crippen LogP contribution in [0.3, 0.4) is 0 Å². The van der Waals surface area contributed by atoms with E-state index in [1.807, 2.05) is 0 Å². The zero-order valence-electron chi connectivity index (χ0n) is 7.82. The van der Waals surface area contributed by atoms with Crippen LogP contribution in [0.25, 0.3) is 0 Å². The van der Waals surface area contributed by atoms with Crippen molar-refractivity contribution < 1.29 is 23.0 Å². The van der Waals surface area contributed by atoms with E-state index >= 15 is 0 Å². The summed E-state index contributed by atoms with van der Waals surface area (Å²) in [7, 11) is 1.36. The molecule has 0 amide bonds. The lowest BCUT2D eigenvalue weighted by molar-refractivity contribution is -0.151. The average Bonchev–Trinajstić information content (AvgIpc) is 2.01. The van der Waals surface area contributed by atoms with Crippen LogP contribution >= 0.6 is 0 Å². The maximum absolute atomic E-state index is 11.8. The molecule has 0 radical (unpaired) electrons. The van der Waals surface area contributed by atoms with E-state index in [4.69, 9.17) is 0 Å². The third kappa shape index (κ3) is 5.87. The molecule has 1 N–H and O–H groups in total. The van der Waals surface area contributed by atoms with Crippen LogP contribution in [0.4, 0.5) is 13.2 Å². The van der Waals surface area contributed by atoms with E-state index in [-0.39, 0.29) is 19.4 Å². The Hall–Kier alpha value is -0.290.